The van der Waals surface area contributed by atoms with E-state index in [2.05, 4.69) is 39.8 Å². The lowest BCUT2D eigenvalue weighted by atomic mass is 10.2. The van der Waals surface area contributed by atoms with Crippen molar-refractivity contribution in [3.63, 3.8) is 0 Å². The number of hydrogen-bond donors (Lipinski definition) is 2. The molecule has 0 bridgehead atoms. The molecule has 3 rings (SSSR count). The maximum Gasteiger partial charge on any atom is 0.315 e. The van der Waals surface area contributed by atoms with E-state index in [9.17, 15) is 4.79 Å². The van der Waals surface area contributed by atoms with E-state index in [0.717, 1.165) is 24.9 Å². The van der Waals surface area contributed by atoms with Gasteiger partial charge < -0.3 is 15.5 Å². The molecule has 5 heteroatoms. The molecule has 2 aromatic rings. The fraction of sp³-hybridized carbons (Fsp3) is 0.316. The molecule has 0 unspecified atom stereocenters. The zero-order chi connectivity index (χ0) is 16.8. The summed E-state index contributed by atoms with van der Waals surface area (Å²) in [6.45, 7) is 2.19. The first-order chi connectivity index (χ1) is 11.7. The van der Waals surface area contributed by atoms with Gasteiger partial charge in [-0.05, 0) is 42.7 Å². The number of para-hydroxylation sites is 1. The van der Waals surface area contributed by atoms with Crippen LogP contribution in [0.3, 0.4) is 0 Å². The molecular formula is C19H22ClN3O. The topological polar surface area (TPSA) is 44.4 Å². The first-order valence-corrected chi connectivity index (χ1v) is 8.68. The fourth-order valence-corrected chi connectivity index (χ4v) is 3.19. The second kappa shape index (κ2) is 8.06. The van der Waals surface area contributed by atoms with Crippen molar-refractivity contribution in [3.8, 4) is 0 Å². The number of carbonyl (C=O) groups excluding carboxylic acids is 1. The highest BCUT2D eigenvalue weighted by Gasteiger charge is 2.24. The maximum absolute atomic E-state index is 12.0. The number of hydrogen-bond acceptors (Lipinski definition) is 2. The molecule has 2 amide bonds. The third-order valence-corrected chi connectivity index (χ3v) is 4.58. The van der Waals surface area contributed by atoms with Crippen LogP contribution in [0.1, 0.15) is 18.4 Å². The first-order valence-electron chi connectivity index (χ1n) is 8.30. The predicted octanol–water partition coefficient (Wildman–Crippen LogP) is 3.81. The molecule has 126 valence electrons. The van der Waals surface area contributed by atoms with Gasteiger partial charge in [0.25, 0.3) is 0 Å². The Morgan fingerprint density at radius 2 is 1.83 bits per heavy atom. The summed E-state index contributed by atoms with van der Waals surface area (Å²) < 4.78 is 0. The minimum atomic E-state index is -0.134. The third-order valence-electron chi connectivity index (χ3n) is 4.33. The van der Waals surface area contributed by atoms with E-state index in [4.69, 9.17) is 11.6 Å². The van der Waals surface area contributed by atoms with Gasteiger partial charge in [-0.15, -0.1) is 0 Å². The SMILES string of the molecule is O=C(NCc1ccc(Cl)cc1)NC[C@H]1CCCN1c1ccccc1. The highest BCUT2D eigenvalue weighted by atomic mass is 35.5. The van der Waals surface area contributed by atoms with Crippen molar-refractivity contribution in [1.82, 2.24) is 10.6 Å². The normalized spacial score (nSPS) is 16.9. The van der Waals surface area contributed by atoms with Crippen molar-refractivity contribution >= 4 is 23.3 Å². The Morgan fingerprint density at radius 3 is 2.58 bits per heavy atom. The van der Waals surface area contributed by atoms with Crippen LogP contribution in [0.2, 0.25) is 5.02 Å². The molecule has 0 spiro atoms. The van der Waals surface area contributed by atoms with Crippen LogP contribution in [0, 0.1) is 0 Å². The van der Waals surface area contributed by atoms with E-state index in [1.807, 2.05) is 30.3 Å². The lowest BCUT2D eigenvalue weighted by molar-refractivity contribution is 0.240. The van der Waals surface area contributed by atoms with Crippen LogP contribution in [0.4, 0.5) is 10.5 Å². The summed E-state index contributed by atoms with van der Waals surface area (Å²) in [6, 6.07) is 18.1. The Hall–Kier alpha value is -2.20. The van der Waals surface area contributed by atoms with Crippen molar-refractivity contribution < 1.29 is 4.79 Å². The summed E-state index contributed by atoms with van der Waals surface area (Å²) in [5.74, 6) is 0. The highest BCUT2D eigenvalue weighted by Crippen LogP contribution is 2.24. The average molecular weight is 344 g/mol. The number of anilines is 1. The molecule has 1 aliphatic heterocycles. The number of halogens is 1. The molecule has 2 aromatic carbocycles. The summed E-state index contributed by atoms with van der Waals surface area (Å²) in [5.41, 5.74) is 2.25. The van der Waals surface area contributed by atoms with Crippen LogP contribution in [-0.2, 0) is 6.54 Å². The first kappa shape index (κ1) is 16.7. The number of carbonyl (C=O) groups is 1. The van der Waals surface area contributed by atoms with E-state index in [0.29, 0.717) is 24.2 Å². The molecule has 4 nitrogen and oxygen atoms in total. The van der Waals surface area contributed by atoms with Crippen molar-refractivity contribution in [2.24, 2.45) is 0 Å². The predicted molar refractivity (Wildman–Crippen MR) is 98.5 cm³/mol. The lowest BCUT2D eigenvalue weighted by Gasteiger charge is -2.27. The second-order valence-corrected chi connectivity index (χ2v) is 6.45. The molecule has 1 fully saturated rings. The summed E-state index contributed by atoms with van der Waals surface area (Å²) in [7, 11) is 0. The number of rotatable bonds is 5. The summed E-state index contributed by atoms with van der Waals surface area (Å²) in [5, 5.41) is 6.57. The van der Waals surface area contributed by atoms with Gasteiger partial charge in [0.2, 0.25) is 0 Å². The average Bonchev–Trinajstić information content (AvgIpc) is 3.09. The number of nitrogens with one attached hydrogen (secondary N) is 2. The molecule has 0 saturated carbocycles. The van der Waals surface area contributed by atoms with E-state index in [-0.39, 0.29) is 6.03 Å². The molecular weight excluding hydrogens is 322 g/mol. The highest BCUT2D eigenvalue weighted by molar-refractivity contribution is 6.30. The molecule has 1 atom stereocenters. The molecule has 0 aliphatic carbocycles. The quantitative estimate of drug-likeness (QED) is 0.867. The van der Waals surface area contributed by atoms with Crippen molar-refractivity contribution in [2.75, 3.05) is 18.0 Å². The molecule has 24 heavy (non-hydrogen) atoms. The van der Waals surface area contributed by atoms with Gasteiger partial charge >= 0.3 is 6.03 Å². The standard InChI is InChI=1S/C19H22ClN3O/c20-16-10-8-15(9-11-16)13-21-19(24)22-14-18-7-4-12-23(18)17-5-2-1-3-6-17/h1-3,5-6,8-11,18H,4,7,12-14H2,(H2,21,22,24)/t18-/m1/s1. The summed E-state index contributed by atoms with van der Waals surface area (Å²) in [4.78, 5) is 14.4. The van der Waals surface area contributed by atoms with Crippen LogP contribution in [0.25, 0.3) is 0 Å². The Morgan fingerprint density at radius 1 is 1.08 bits per heavy atom. The summed E-state index contributed by atoms with van der Waals surface area (Å²) >= 11 is 5.86. The zero-order valence-corrected chi connectivity index (χ0v) is 14.3. The van der Waals surface area contributed by atoms with Crippen LogP contribution >= 0.6 is 11.6 Å². The molecule has 1 heterocycles. The van der Waals surface area contributed by atoms with Crippen molar-refractivity contribution in [2.45, 2.75) is 25.4 Å². The molecule has 1 saturated heterocycles. The van der Waals surface area contributed by atoms with Crippen molar-refractivity contribution in [3.05, 3.63) is 65.2 Å². The van der Waals surface area contributed by atoms with Crippen LogP contribution in [0.15, 0.2) is 54.6 Å². The smallest absolute Gasteiger partial charge is 0.315 e. The van der Waals surface area contributed by atoms with Crippen molar-refractivity contribution in [1.29, 1.82) is 0 Å². The molecule has 0 radical (unpaired) electrons. The number of urea groups is 1. The second-order valence-electron chi connectivity index (χ2n) is 6.02. The largest absolute Gasteiger partial charge is 0.367 e. The monoisotopic (exact) mass is 343 g/mol. The number of nitrogens with zero attached hydrogens (tertiary/aromatic N) is 1. The van der Waals surface area contributed by atoms with Gasteiger partial charge in [-0.2, -0.15) is 0 Å². The number of amides is 2. The molecule has 1 aliphatic rings. The van der Waals surface area contributed by atoms with Gasteiger partial charge in [0.15, 0.2) is 0 Å². The Balaban J connectivity index is 1.46. The molecule has 0 aromatic heterocycles. The lowest BCUT2D eigenvalue weighted by Crippen LogP contribution is -2.43. The van der Waals surface area contributed by atoms with Gasteiger partial charge in [0.1, 0.15) is 0 Å². The van der Waals surface area contributed by atoms with Gasteiger partial charge in [-0.25, -0.2) is 4.79 Å². The van der Waals surface area contributed by atoms with E-state index in [1.54, 1.807) is 0 Å². The molecule has 2 N–H and O–H groups in total. The Labute approximate surface area is 147 Å². The van der Waals surface area contributed by atoms with E-state index >= 15 is 0 Å². The van der Waals surface area contributed by atoms with Gasteiger partial charge in [0, 0.05) is 36.4 Å². The third kappa shape index (κ3) is 4.42. The van der Waals surface area contributed by atoms with Crippen LogP contribution in [0.5, 0.6) is 0 Å². The Kier molecular flexibility index (Phi) is 5.59. The summed E-state index contributed by atoms with van der Waals surface area (Å²) in [6.07, 6.45) is 2.26. The Bertz CT molecular complexity index is 660. The minimum absolute atomic E-state index is 0.134. The van der Waals surface area contributed by atoms with Gasteiger partial charge in [-0.1, -0.05) is 41.9 Å². The van der Waals surface area contributed by atoms with Crippen LogP contribution in [-0.4, -0.2) is 25.2 Å². The fourth-order valence-electron chi connectivity index (χ4n) is 3.06. The van der Waals surface area contributed by atoms with E-state index in [1.165, 1.54) is 5.69 Å². The van der Waals surface area contributed by atoms with Crippen LogP contribution < -0.4 is 15.5 Å². The van der Waals surface area contributed by atoms with E-state index < -0.39 is 0 Å². The zero-order valence-electron chi connectivity index (χ0n) is 13.5. The maximum atomic E-state index is 12.0. The van der Waals surface area contributed by atoms with Gasteiger partial charge in [0.05, 0.1) is 0 Å². The number of benzene rings is 2. The van der Waals surface area contributed by atoms with Gasteiger partial charge in [-0.3, -0.25) is 0 Å². The minimum Gasteiger partial charge on any atom is -0.367 e.